The van der Waals surface area contributed by atoms with Crippen LogP contribution in [0.25, 0.3) is 0 Å². The topological polar surface area (TPSA) is 38.0 Å². The van der Waals surface area contributed by atoms with Crippen LogP contribution in [0.5, 0.6) is 0 Å². The number of nitrogens with one attached hydrogen (secondary N) is 1. The highest BCUT2D eigenvalue weighted by Gasteiger charge is 2.56. The van der Waals surface area contributed by atoms with Crippen LogP contribution in [0, 0.1) is 5.41 Å². The molecule has 1 aromatic carbocycles. The number of halogens is 1. The Morgan fingerprint density at radius 3 is 2.50 bits per heavy atom. The van der Waals surface area contributed by atoms with E-state index in [0.717, 1.165) is 5.56 Å². The van der Waals surface area contributed by atoms with E-state index in [0.29, 0.717) is 6.42 Å². The zero-order valence-electron chi connectivity index (χ0n) is 8.20. The molecule has 0 spiro atoms. The molecule has 1 fully saturated rings. The Bertz CT molecular complexity index is 314. The Labute approximate surface area is 83.3 Å². The largest absolute Gasteiger partial charge is 0.271 e. The van der Waals surface area contributed by atoms with E-state index in [1.807, 2.05) is 37.3 Å². The molecule has 3 atom stereocenters. The fourth-order valence-electron chi connectivity index (χ4n) is 1.94. The third-order valence-corrected chi connectivity index (χ3v) is 3.13. The van der Waals surface area contributed by atoms with Gasteiger partial charge in [0.15, 0.2) is 0 Å². The molecule has 1 aliphatic carbocycles. The summed E-state index contributed by atoms with van der Waals surface area (Å²) < 4.78 is 13.2. The molecule has 0 aliphatic heterocycles. The standard InChI is InChI=1S/C11H15FN2/c1-11(7-9(11)12)10(14-13)8-5-3-2-4-6-8/h2-6,9-10,14H,7,13H2,1H3. The normalized spacial score (nSPS) is 32.6. The Kier molecular flexibility index (Phi) is 2.29. The van der Waals surface area contributed by atoms with Crippen molar-refractivity contribution in [2.24, 2.45) is 11.3 Å². The van der Waals surface area contributed by atoms with Crippen molar-refractivity contribution >= 4 is 0 Å². The molecule has 3 heteroatoms. The number of benzene rings is 1. The highest BCUT2D eigenvalue weighted by molar-refractivity contribution is 5.25. The van der Waals surface area contributed by atoms with Crippen molar-refractivity contribution in [2.75, 3.05) is 0 Å². The summed E-state index contributed by atoms with van der Waals surface area (Å²) in [5.74, 6) is 5.48. The van der Waals surface area contributed by atoms with Gasteiger partial charge >= 0.3 is 0 Å². The lowest BCUT2D eigenvalue weighted by Crippen LogP contribution is -2.34. The summed E-state index contributed by atoms with van der Waals surface area (Å²) in [6.45, 7) is 1.93. The number of alkyl halides is 1. The number of hydrogen-bond acceptors (Lipinski definition) is 2. The Morgan fingerprint density at radius 2 is 2.07 bits per heavy atom. The first-order valence-corrected chi connectivity index (χ1v) is 4.83. The van der Waals surface area contributed by atoms with Gasteiger partial charge in [0.2, 0.25) is 0 Å². The Hall–Kier alpha value is -0.930. The molecular weight excluding hydrogens is 179 g/mol. The van der Waals surface area contributed by atoms with Crippen LogP contribution in [0.3, 0.4) is 0 Å². The first-order chi connectivity index (χ1) is 6.68. The second-order valence-electron chi connectivity index (χ2n) is 4.19. The van der Waals surface area contributed by atoms with Crippen LogP contribution in [0.15, 0.2) is 30.3 Å². The minimum atomic E-state index is -0.733. The van der Waals surface area contributed by atoms with Crippen molar-refractivity contribution < 1.29 is 4.39 Å². The highest BCUT2D eigenvalue weighted by Crippen LogP contribution is 2.56. The Balaban J connectivity index is 2.23. The van der Waals surface area contributed by atoms with Crippen molar-refractivity contribution in [1.29, 1.82) is 0 Å². The number of nitrogens with two attached hydrogens (primary N) is 1. The van der Waals surface area contributed by atoms with E-state index in [1.165, 1.54) is 0 Å². The maximum Gasteiger partial charge on any atom is 0.108 e. The van der Waals surface area contributed by atoms with Crippen molar-refractivity contribution in [2.45, 2.75) is 25.6 Å². The molecule has 0 radical (unpaired) electrons. The van der Waals surface area contributed by atoms with Gasteiger partial charge in [-0.2, -0.15) is 0 Å². The van der Waals surface area contributed by atoms with Gasteiger partial charge in [0.25, 0.3) is 0 Å². The van der Waals surface area contributed by atoms with E-state index in [4.69, 9.17) is 5.84 Å². The second kappa shape index (κ2) is 3.33. The van der Waals surface area contributed by atoms with E-state index in [1.54, 1.807) is 0 Å². The smallest absolute Gasteiger partial charge is 0.108 e. The third kappa shape index (κ3) is 1.42. The number of hydrazine groups is 1. The zero-order chi connectivity index (χ0) is 10.2. The average Bonchev–Trinajstić information content (AvgIpc) is 2.78. The van der Waals surface area contributed by atoms with E-state index in [9.17, 15) is 4.39 Å². The summed E-state index contributed by atoms with van der Waals surface area (Å²) >= 11 is 0. The summed E-state index contributed by atoms with van der Waals surface area (Å²) in [6.07, 6.45) is -0.139. The molecule has 76 valence electrons. The first-order valence-electron chi connectivity index (χ1n) is 4.83. The summed E-state index contributed by atoms with van der Waals surface area (Å²) in [7, 11) is 0. The SMILES string of the molecule is CC1(C(NN)c2ccccc2)CC1F. The van der Waals surface area contributed by atoms with Gasteiger partial charge in [0.05, 0.1) is 6.04 Å². The molecule has 0 aromatic heterocycles. The van der Waals surface area contributed by atoms with E-state index >= 15 is 0 Å². The molecule has 0 saturated heterocycles. The van der Waals surface area contributed by atoms with Crippen LogP contribution in [-0.2, 0) is 0 Å². The minimum absolute atomic E-state index is 0.0845. The molecule has 1 aromatic rings. The summed E-state index contributed by atoms with van der Waals surface area (Å²) in [5.41, 5.74) is 3.44. The number of rotatable bonds is 3. The monoisotopic (exact) mass is 194 g/mol. The van der Waals surface area contributed by atoms with Gasteiger partial charge in [-0.05, 0) is 12.0 Å². The molecule has 1 aliphatic rings. The molecule has 0 heterocycles. The van der Waals surface area contributed by atoms with Crippen molar-refractivity contribution in [3.63, 3.8) is 0 Å². The molecule has 0 amide bonds. The fraction of sp³-hybridized carbons (Fsp3) is 0.455. The highest BCUT2D eigenvalue weighted by atomic mass is 19.1. The van der Waals surface area contributed by atoms with Crippen LogP contribution in [-0.4, -0.2) is 6.17 Å². The summed E-state index contributed by atoms with van der Waals surface area (Å²) in [4.78, 5) is 0. The fourth-order valence-corrected chi connectivity index (χ4v) is 1.94. The van der Waals surface area contributed by atoms with Crippen LogP contribution >= 0.6 is 0 Å². The zero-order valence-corrected chi connectivity index (χ0v) is 8.20. The summed E-state index contributed by atoms with van der Waals surface area (Å²) in [6, 6.07) is 9.69. The quantitative estimate of drug-likeness (QED) is 0.570. The van der Waals surface area contributed by atoms with E-state index in [-0.39, 0.29) is 11.5 Å². The van der Waals surface area contributed by atoms with Gasteiger partial charge in [-0.25, -0.2) is 4.39 Å². The van der Waals surface area contributed by atoms with Crippen molar-refractivity contribution in [3.05, 3.63) is 35.9 Å². The lowest BCUT2D eigenvalue weighted by atomic mass is 9.92. The predicted octanol–water partition coefficient (Wildman–Crippen LogP) is 1.94. The average molecular weight is 194 g/mol. The second-order valence-corrected chi connectivity index (χ2v) is 4.19. The van der Waals surface area contributed by atoms with Crippen LogP contribution in [0.2, 0.25) is 0 Å². The molecule has 0 bridgehead atoms. The molecule has 1 saturated carbocycles. The first kappa shape index (κ1) is 9.62. The number of hydrogen-bond donors (Lipinski definition) is 2. The van der Waals surface area contributed by atoms with Crippen molar-refractivity contribution in [1.82, 2.24) is 5.43 Å². The molecule has 2 nitrogen and oxygen atoms in total. The van der Waals surface area contributed by atoms with Crippen molar-refractivity contribution in [3.8, 4) is 0 Å². The molecule has 3 unspecified atom stereocenters. The maximum atomic E-state index is 13.2. The maximum absolute atomic E-state index is 13.2. The minimum Gasteiger partial charge on any atom is -0.271 e. The van der Waals surface area contributed by atoms with Crippen LogP contribution in [0.4, 0.5) is 4.39 Å². The van der Waals surface area contributed by atoms with Gasteiger partial charge in [0.1, 0.15) is 6.17 Å². The van der Waals surface area contributed by atoms with E-state index < -0.39 is 6.17 Å². The Morgan fingerprint density at radius 1 is 1.50 bits per heavy atom. The van der Waals surface area contributed by atoms with Crippen LogP contribution in [0.1, 0.15) is 24.9 Å². The predicted molar refractivity (Wildman–Crippen MR) is 54.1 cm³/mol. The van der Waals surface area contributed by atoms with Gasteiger partial charge in [0, 0.05) is 5.41 Å². The van der Waals surface area contributed by atoms with Gasteiger partial charge in [-0.1, -0.05) is 37.3 Å². The molecule has 3 N–H and O–H groups in total. The molecular formula is C11H15FN2. The lowest BCUT2D eigenvalue weighted by Gasteiger charge is -2.22. The van der Waals surface area contributed by atoms with Gasteiger partial charge in [-0.3, -0.25) is 11.3 Å². The third-order valence-electron chi connectivity index (χ3n) is 3.13. The van der Waals surface area contributed by atoms with E-state index in [2.05, 4.69) is 5.43 Å². The summed E-state index contributed by atoms with van der Waals surface area (Å²) in [5, 5.41) is 0. The molecule has 14 heavy (non-hydrogen) atoms. The van der Waals surface area contributed by atoms with Gasteiger partial charge < -0.3 is 0 Å². The lowest BCUT2D eigenvalue weighted by molar-refractivity contribution is 0.295. The van der Waals surface area contributed by atoms with Gasteiger partial charge in [-0.15, -0.1) is 0 Å². The van der Waals surface area contributed by atoms with Crippen LogP contribution < -0.4 is 11.3 Å². The molecule has 2 rings (SSSR count).